The van der Waals surface area contributed by atoms with Crippen molar-refractivity contribution in [3.8, 4) is 11.1 Å². The zero-order valence-corrected chi connectivity index (χ0v) is 26.4. The van der Waals surface area contributed by atoms with Gasteiger partial charge >= 0.3 is 6.09 Å². The number of piperidine rings is 1. The minimum atomic E-state index is -0.454. The first kappa shape index (κ1) is 32.7. The number of anilines is 1. The lowest BCUT2D eigenvalue weighted by molar-refractivity contribution is -0.0163. The fourth-order valence-electron chi connectivity index (χ4n) is 5.95. The number of likely N-dealkylation sites (N-methyl/N-ethyl adjacent to an activating group) is 1. The van der Waals surface area contributed by atoms with Crippen molar-refractivity contribution in [2.45, 2.75) is 83.0 Å². The van der Waals surface area contributed by atoms with Gasteiger partial charge < -0.3 is 19.6 Å². The lowest BCUT2D eigenvalue weighted by atomic mass is 9.93. The molecule has 2 atom stereocenters. The normalized spacial score (nSPS) is 16.5. The van der Waals surface area contributed by atoms with Crippen LogP contribution >= 0.6 is 0 Å². The number of hydrogen-bond donors (Lipinski definition) is 2. The molecule has 2 N–H and O–H groups in total. The van der Waals surface area contributed by atoms with Crippen LogP contribution in [0.5, 0.6) is 0 Å². The molecule has 0 radical (unpaired) electrons. The van der Waals surface area contributed by atoms with Crippen LogP contribution in [0.1, 0.15) is 76.9 Å². The van der Waals surface area contributed by atoms with Crippen LogP contribution in [0, 0.1) is 0 Å². The number of amides is 1. The maximum absolute atomic E-state index is 12.9. The van der Waals surface area contributed by atoms with Gasteiger partial charge in [0.2, 0.25) is 0 Å². The Morgan fingerprint density at radius 1 is 0.884 bits per heavy atom. The number of carbonyl (C=O) groups excluding carboxylic acids is 1. The van der Waals surface area contributed by atoms with Crippen LogP contribution in [0.25, 0.3) is 11.1 Å². The Morgan fingerprint density at radius 3 is 2.16 bits per heavy atom. The molecular formula is C37H51N3O3. The fourth-order valence-corrected chi connectivity index (χ4v) is 5.95. The summed E-state index contributed by atoms with van der Waals surface area (Å²) in [6.45, 7) is 8.22. The van der Waals surface area contributed by atoms with Crippen molar-refractivity contribution >= 4 is 11.8 Å². The summed E-state index contributed by atoms with van der Waals surface area (Å²) in [6, 6.07) is 28.0. The van der Waals surface area contributed by atoms with E-state index >= 15 is 0 Å². The summed E-state index contributed by atoms with van der Waals surface area (Å²) in [6.07, 6.45) is 8.27. The van der Waals surface area contributed by atoms with Gasteiger partial charge in [-0.05, 0) is 76.9 Å². The van der Waals surface area contributed by atoms with Crippen LogP contribution in [-0.4, -0.2) is 65.9 Å². The van der Waals surface area contributed by atoms with Gasteiger partial charge in [-0.25, -0.2) is 4.79 Å². The number of ether oxygens (including phenoxy) is 1. The number of hydrogen-bond acceptors (Lipinski definition) is 5. The second-order valence-corrected chi connectivity index (χ2v) is 12.4. The number of nitrogens with zero attached hydrogens (tertiary/aromatic N) is 2. The molecule has 1 amide bonds. The van der Waals surface area contributed by atoms with E-state index < -0.39 is 11.7 Å². The number of nitrogens with one attached hydrogen (secondary N) is 1. The first-order valence-corrected chi connectivity index (χ1v) is 16.1. The fraction of sp³-hybridized carbons (Fsp3) is 0.486. The highest BCUT2D eigenvalue weighted by Gasteiger charge is 2.33. The lowest BCUT2D eigenvalue weighted by Gasteiger charge is -2.38. The van der Waals surface area contributed by atoms with E-state index in [1.54, 1.807) is 0 Å². The van der Waals surface area contributed by atoms with Crippen LogP contribution in [0.2, 0.25) is 0 Å². The van der Waals surface area contributed by atoms with Gasteiger partial charge in [-0.3, -0.25) is 5.32 Å². The van der Waals surface area contributed by atoms with E-state index in [4.69, 9.17) is 4.74 Å². The molecule has 3 aromatic rings. The summed E-state index contributed by atoms with van der Waals surface area (Å²) < 4.78 is 5.98. The molecule has 0 bridgehead atoms. The van der Waals surface area contributed by atoms with Gasteiger partial charge in [0.05, 0.1) is 11.8 Å². The van der Waals surface area contributed by atoms with Crippen molar-refractivity contribution in [1.82, 2.24) is 9.80 Å². The third kappa shape index (κ3) is 10.2. The Labute approximate surface area is 259 Å². The summed E-state index contributed by atoms with van der Waals surface area (Å²) in [4.78, 5) is 17.7. The van der Waals surface area contributed by atoms with Gasteiger partial charge in [-0.2, -0.15) is 0 Å². The Kier molecular flexibility index (Phi) is 12.6. The highest BCUT2D eigenvalue weighted by molar-refractivity contribution is 5.91. The minimum Gasteiger partial charge on any atom is -0.443 e. The summed E-state index contributed by atoms with van der Waals surface area (Å²) in [5.74, 6) is 0. The average molecular weight is 586 g/mol. The van der Waals surface area contributed by atoms with E-state index in [1.165, 1.54) is 38.5 Å². The predicted octanol–water partition coefficient (Wildman–Crippen LogP) is 8.15. The lowest BCUT2D eigenvalue weighted by Crippen LogP contribution is -2.46. The van der Waals surface area contributed by atoms with Crippen molar-refractivity contribution < 1.29 is 14.6 Å². The van der Waals surface area contributed by atoms with Gasteiger partial charge in [0.25, 0.3) is 0 Å². The number of aliphatic hydroxyl groups is 1. The summed E-state index contributed by atoms with van der Waals surface area (Å²) in [7, 11) is 2.11. The molecule has 3 aromatic carbocycles. The van der Waals surface area contributed by atoms with Gasteiger partial charge in [-0.1, -0.05) is 105 Å². The third-order valence-corrected chi connectivity index (χ3v) is 9.03. The van der Waals surface area contributed by atoms with Crippen molar-refractivity contribution in [3.63, 3.8) is 0 Å². The molecule has 0 unspecified atom stereocenters. The van der Waals surface area contributed by atoms with E-state index in [-0.39, 0.29) is 12.1 Å². The Morgan fingerprint density at radius 2 is 1.47 bits per heavy atom. The zero-order valence-electron chi connectivity index (χ0n) is 26.4. The number of benzene rings is 3. The van der Waals surface area contributed by atoms with Crippen molar-refractivity contribution in [2.75, 3.05) is 38.5 Å². The quantitative estimate of drug-likeness (QED) is 0.176. The second kappa shape index (κ2) is 16.6. The van der Waals surface area contributed by atoms with Crippen LogP contribution in [0.15, 0.2) is 84.9 Å². The highest BCUT2D eigenvalue weighted by Crippen LogP contribution is 2.30. The van der Waals surface area contributed by atoms with Crippen molar-refractivity contribution in [2.24, 2.45) is 0 Å². The van der Waals surface area contributed by atoms with E-state index in [1.807, 2.05) is 84.9 Å². The molecule has 6 nitrogen and oxygen atoms in total. The van der Waals surface area contributed by atoms with Crippen LogP contribution in [0.3, 0.4) is 0 Å². The SMILES string of the molecule is C[C@H]([C@@H](O)c1ccccc1)N(C)CCCCCCCCN1CCC(C)(OC(=O)Nc2ccccc2-c2ccccc2)CC1. The smallest absolute Gasteiger partial charge is 0.412 e. The molecule has 0 spiro atoms. The molecule has 1 fully saturated rings. The molecule has 1 heterocycles. The zero-order chi connectivity index (χ0) is 30.5. The molecule has 43 heavy (non-hydrogen) atoms. The largest absolute Gasteiger partial charge is 0.443 e. The van der Waals surface area contributed by atoms with Crippen LogP contribution < -0.4 is 5.32 Å². The van der Waals surface area contributed by atoms with Gasteiger partial charge in [0, 0.05) is 24.7 Å². The Balaban J connectivity index is 1.06. The molecular weight excluding hydrogens is 534 g/mol. The first-order chi connectivity index (χ1) is 20.8. The molecule has 6 heteroatoms. The predicted molar refractivity (Wildman–Crippen MR) is 177 cm³/mol. The van der Waals surface area contributed by atoms with Gasteiger partial charge in [0.15, 0.2) is 0 Å². The second-order valence-electron chi connectivity index (χ2n) is 12.4. The Hall–Kier alpha value is -3.19. The number of likely N-dealkylation sites (tertiary alicyclic amines) is 1. The topological polar surface area (TPSA) is 65.0 Å². The minimum absolute atomic E-state index is 0.102. The number of carbonyl (C=O) groups is 1. The molecule has 0 saturated carbocycles. The molecule has 1 aliphatic heterocycles. The Bertz CT molecular complexity index is 1230. The monoisotopic (exact) mass is 585 g/mol. The standard InChI is InChI=1S/C37H51N3O3/c1-30(35(41)32-20-12-9-13-21-32)39(3)26-16-6-4-5-7-17-27-40-28-24-37(2,25-29-40)43-36(42)38-34-23-15-14-22-33(34)31-18-10-8-11-19-31/h8-15,18-23,30,35,41H,4-7,16-17,24-29H2,1-3H3,(H,38,42)/t30-,35-/m1/s1. The third-order valence-electron chi connectivity index (χ3n) is 9.03. The van der Waals surface area contributed by atoms with E-state index in [2.05, 4.69) is 36.0 Å². The van der Waals surface area contributed by atoms with Gasteiger partial charge in [-0.15, -0.1) is 0 Å². The molecule has 0 aliphatic carbocycles. The summed E-state index contributed by atoms with van der Waals surface area (Å²) >= 11 is 0. The number of aliphatic hydroxyl groups excluding tert-OH is 1. The number of unbranched alkanes of at least 4 members (excludes halogenated alkanes) is 5. The van der Waals surface area contributed by atoms with Crippen molar-refractivity contribution in [1.29, 1.82) is 0 Å². The molecule has 0 aromatic heterocycles. The maximum Gasteiger partial charge on any atom is 0.412 e. The van der Waals surface area contributed by atoms with E-state index in [9.17, 15) is 9.90 Å². The van der Waals surface area contributed by atoms with E-state index in [0.29, 0.717) is 0 Å². The molecule has 4 rings (SSSR count). The maximum atomic E-state index is 12.9. The van der Waals surface area contributed by atoms with E-state index in [0.717, 1.165) is 61.4 Å². The van der Waals surface area contributed by atoms with Crippen LogP contribution in [-0.2, 0) is 4.74 Å². The molecule has 232 valence electrons. The number of para-hydroxylation sites is 1. The highest BCUT2D eigenvalue weighted by atomic mass is 16.6. The van der Waals surface area contributed by atoms with Crippen LogP contribution in [0.4, 0.5) is 10.5 Å². The number of rotatable bonds is 15. The summed E-state index contributed by atoms with van der Waals surface area (Å²) in [5, 5.41) is 13.7. The average Bonchev–Trinajstić information content (AvgIpc) is 3.03. The molecule has 1 saturated heterocycles. The van der Waals surface area contributed by atoms with Gasteiger partial charge in [0.1, 0.15) is 5.60 Å². The van der Waals surface area contributed by atoms with Crippen molar-refractivity contribution in [3.05, 3.63) is 90.5 Å². The summed E-state index contributed by atoms with van der Waals surface area (Å²) in [5.41, 5.74) is 3.36. The molecule has 1 aliphatic rings. The first-order valence-electron chi connectivity index (χ1n) is 16.1.